The van der Waals surface area contributed by atoms with Gasteiger partial charge in [-0.3, -0.25) is 9.69 Å². The third-order valence-electron chi connectivity index (χ3n) is 7.81. The van der Waals surface area contributed by atoms with Gasteiger partial charge in [0.2, 0.25) is 0 Å². The van der Waals surface area contributed by atoms with Gasteiger partial charge in [0.15, 0.2) is 0 Å². The highest BCUT2D eigenvalue weighted by atomic mass is 19.4. The smallest absolute Gasteiger partial charge is 0.416 e. The number of halogens is 7. The first-order valence-electron chi connectivity index (χ1n) is 12.7. The van der Waals surface area contributed by atoms with Gasteiger partial charge in [0.25, 0.3) is 5.91 Å². The van der Waals surface area contributed by atoms with E-state index in [0.29, 0.717) is 63.1 Å². The predicted molar refractivity (Wildman–Crippen MR) is 130 cm³/mol. The Morgan fingerprint density at radius 1 is 0.875 bits per heavy atom. The zero-order valence-electron chi connectivity index (χ0n) is 21.5. The monoisotopic (exact) mass is 575 g/mol. The molecule has 0 saturated carbocycles. The van der Waals surface area contributed by atoms with Crippen LogP contribution >= 0.6 is 0 Å². The maximum atomic E-state index is 13.7. The van der Waals surface area contributed by atoms with Crippen LogP contribution in [0.15, 0.2) is 42.5 Å². The third kappa shape index (κ3) is 6.51. The van der Waals surface area contributed by atoms with Crippen LogP contribution < -0.4 is 0 Å². The molecule has 0 spiro atoms. The summed E-state index contributed by atoms with van der Waals surface area (Å²) >= 11 is 0. The third-order valence-corrected chi connectivity index (χ3v) is 7.81. The van der Waals surface area contributed by atoms with Crippen molar-refractivity contribution in [2.75, 3.05) is 33.2 Å². The molecule has 0 unspecified atom stereocenters. The average molecular weight is 576 g/mol. The quantitative estimate of drug-likeness (QED) is 0.459. The van der Waals surface area contributed by atoms with Crippen LogP contribution in [-0.4, -0.2) is 77.1 Å². The first-order chi connectivity index (χ1) is 18.6. The van der Waals surface area contributed by atoms with Crippen molar-refractivity contribution in [1.82, 2.24) is 14.7 Å². The highest BCUT2D eigenvalue weighted by molar-refractivity contribution is 5.95. The van der Waals surface area contributed by atoms with Crippen molar-refractivity contribution >= 4 is 12.0 Å². The first-order valence-corrected chi connectivity index (χ1v) is 12.7. The topological polar surface area (TPSA) is 64.1 Å². The fourth-order valence-electron chi connectivity index (χ4n) is 5.65. The van der Waals surface area contributed by atoms with Crippen LogP contribution in [0, 0.1) is 5.82 Å². The van der Waals surface area contributed by atoms with Crippen LogP contribution in [0.5, 0.6) is 0 Å². The van der Waals surface area contributed by atoms with Crippen molar-refractivity contribution in [2.45, 2.75) is 49.6 Å². The van der Waals surface area contributed by atoms with Crippen LogP contribution in [0.4, 0.5) is 35.5 Å². The molecule has 13 heteroatoms. The number of alkyl halides is 6. The SMILES string of the molecule is CN(C(=O)c1cc(C(F)(F)F)cc(C(F)(F)F)c1)[C@@H]1CCN(C2CCN(C(=O)O)CC2)C[C@H]1c1ccc(F)cc1. The molecule has 0 aromatic heterocycles. The minimum Gasteiger partial charge on any atom is -0.465 e. The van der Waals surface area contributed by atoms with E-state index in [2.05, 4.69) is 4.90 Å². The van der Waals surface area contributed by atoms with Crippen molar-refractivity contribution in [2.24, 2.45) is 0 Å². The van der Waals surface area contributed by atoms with Gasteiger partial charge in [-0.2, -0.15) is 26.3 Å². The lowest BCUT2D eigenvalue weighted by molar-refractivity contribution is -0.143. The standard InChI is InChI=1S/C27H28F7N3O3/c1-35(24(38)17-12-18(26(29,30)31)14-19(13-17)27(32,33)34)23-8-11-37(21-6-9-36(10-7-21)25(39)40)15-22(23)16-2-4-20(28)5-3-16/h2-5,12-14,21-23H,6-11,15H2,1H3,(H,39,40)/t22-,23+/m0/s1. The highest BCUT2D eigenvalue weighted by Gasteiger charge is 2.41. The average Bonchev–Trinajstić information content (AvgIpc) is 2.91. The second-order valence-corrected chi connectivity index (χ2v) is 10.2. The normalized spacial score (nSPS) is 21.4. The fraction of sp³-hybridized carbons (Fsp3) is 0.481. The number of hydrogen-bond donors (Lipinski definition) is 1. The summed E-state index contributed by atoms with van der Waals surface area (Å²) in [5, 5.41) is 9.23. The number of likely N-dealkylation sites (tertiary alicyclic amines) is 2. The van der Waals surface area contributed by atoms with Gasteiger partial charge in [-0.25, -0.2) is 9.18 Å². The van der Waals surface area contributed by atoms with Gasteiger partial charge in [0, 0.05) is 56.8 Å². The second-order valence-electron chi connectivity index (χ2n) is 10.2. The fourth-order valence-corrected chi connectivity index (χ4v) is 5.65. The summed E-state index contributed by atoms with van der Waals surface area (Å²) in [4.78, 5) is 29.3. The van der Waals surface area contributed by atoms with E-state index in [1.165, 1.54) is 29.0 Å². The summed E-state index contributed by atoms with van der Waals surface area (Å²) in [6, 6.07) is 5.88. The van der Waals surface area contributed by atoms with Gasteiger partial charge in [0.1, 0.15) is 5.82 Å². The maximum absolute atomic E-state index is 13.7. The number of rotatable bonds is 4. The molecule has 2 aromatic rings. The van der Waals surface area contributed by atoms with Crippen LogP contribution in [0.2, 0.25) is 0 Å². The minimum absolute atomic E-state index is 0.0216. The van der Waals surface area contributed by atoms with Crippen molar-refractivity contribution in [3.8, 4) is 0 Å². The number of benzene rings is 2. The van der Waals surface area contributed by atoms with E-state index >= 15 is 0 Å². The van der Waals surface area contributed by atoms with E-state index in [4.69, 9.17) is 0 Å². The summed E-state index contributed by atoms with van der Waals surface area (Å²) in [6.07, 6.45) is -9.64. The molecule has 0 bridgehead atoms. The molecule has 2 saturated heterocycles. The van der Waals surface area contributed by atoms with E-state index < -0.39 is 58.8 Å². The largest absolute Gasteiger partial charge is 0.465 e. The Morgan fingerprint density at radius 3 is 1.93 bits per heavy atom. The zero-order valence-corrected chi connectivity index (χ0v) is 21.5. The summed E-state index contributed by atoms with van der Waals surface area (Å²) in [5.74, 6) is -1.90. The number of carbonyl (C=O) groups is 2. The lowest BCUT2D eigenvalue weighted by atomic mass is 9.83. The van der Waals surface area contributed by atoms with Crippen molar-refractivity contribution < 1.29 is 45.4 Å². The molecule has 2 aliphatic rings. The predicted octanol–water partition coefficient (Wildman–Crippen LogP) is 5.94. The molecule has 40 heavy (non-hydrogen) atoms. The molecule has 218 valence electrons. The van der Waals surface area contributed by atoms with E-state index in [0.717, 1.165) is 0 Å². The summed E-state index contributed by atoms with van der Waals surface area (Å²) in [7, 11) is 1.35. The summed E-state index contributed by atoms with van der Waals surface area (Å²) in [6.45, 7) is 1.59. The lowest BCUT2D eigenvalue weighted by Gasteiger charge is -2.47. The van der Waals surface area contributed by atoms with E-state index in [9.17, 15) is 45.4 Å². The maximum Gasteiger partial charge on any atom is 0.416 e. The number of amides is 2. The van der Waals surface area contributed by atoms with Gasteiger partial charge >= 0.3 is 18.4 Å². The number of nitrogens with zero attached hydrogens (tertiary/aromatic N) is 3. The van der Waals surface area contributed by atoms with Crippen LogP contribution in [0.3, 0.4) is 0 Å². The van der Waals surface area contributed by atoms with E-state index in [1.807, 2.05) is 0 Å². The van der Waals surface area contributed by atoms with E-state index in [1.54, 1.807) is 12.1 Å². The van der Waals surface area contributed by atoms with Crippen molar-refractivity contribution in [1.29, 1.82) is 0 Å². The molecule has 2 aromatic carbocycles. The van der Waals surface area contributed by atoms with Crippen LogP contribution in [-0.2, 0) is 12.4 Å². The molecular weight excluding hydrogens is 547 g/mol. The van der Waals surface area contributed by atoms with Crippen LogP contribution in [0.25, 0.3) is 0 Å². The van der Waals surface area contributed by atoms with Gasteiger partial charge in [0.05, 0.1) is 11.1 Å². The molecule has 2 fully saturated rings. The molecule has 2 amide bonds. The Labute approximate surface area is 226 Å². The molecule has 1 N–H and O–H groups in total. The van der Waals surface area contributed by atoms with Gasteiger partial charge in [-0.15, -0.1) is 0 Å². The molecule has 2 heterocycles. The van der Waals surface area contributed by atoms with Crippen molar-refractivity contribution in [3.05, 3.63) is 70.5 Å². The number of carboxylic acid groups (broad SMARTS) is 1. The number of piperidine rings is 2. The van der Waals surface area contributed by atoms with E-state index in [-0.39, 0.29) is 12.1 Å². The Morgan fingerprint density at radius 2 is 1.43 bits per heavy atom. The number of likely N-dealkylation sites (N-methyl/N-ethyl adjacent to an activating group) is 1. The molecule has 0 radical (unpaired) electrons. The van der Waals surface area contributed by atoms with Gasteiger partial charge in [-0.05, 0) is 55.2 Å². The van der Waals surface area contributed by atoms with Gasteiger partial charge < -0.3 is 14.9 Å². The Hall–Kier alpha value is -3.35. The number of carbonyl (C=O) groups excluding carboxylic acids is 1. The number of hydrogen-bond acceptors (Lipinski definition) is 3. The molecule has 2 aliphatic heterocycles. The van der Waals surface area contributed by atoms with Gasteiger partial charge in [-0.1, -0.05) is 12.1 Å². The Kier molecular flexibility index (Phi) is 8.34. The summed E-state index contributed by atoms with van der Waals surface area (Å²) < 4.78 is 94.1. The highest BCUT2D eigenvalue weighted by Crippen LogP contribution is 2.38. The molecule has 4 rings (SSSR count). The molecular formula is C27H28F7N3O3. The second kappa shape index (κ2) is 11.3. The Balaban J connectivity index is 1.62. The molecule has 0 aliphatic carbocycles. The van der Waals surface area contributed by atoms with Crippen molar-refractivity contribution in [3.63, 3.8) is 0 Å². The summed E-state index contributed by atoms with van der Waals surface area (Å²) in [5.41, 5.74) is -3.21. The zero-order chi connectivity index (χ0) is 29.4. The lowest BCUT2D eigenvalue weighted by Crippen LogP contribution is -2.55. The molecule has 6 nitrogen and oxygen atoms in total. The first kappa shape index (κ1) is 29.6. The minimum atomic E-state index is -5.09. The van der Waals surface area contributed by atoms with Crippen LogP contribution in [0.1, 0.15) is 52.2 Å². The Bertz CT molecular complexity index is 1190. The molecule has 2 atom stereocenters.